The summed E-state index contributed by atoms with van der Waals surface area (Å²) in [5.74, 6) is -0.255. The minimum absolute atomic E-state index is 0.0363. The van der Waals surface area contributed by atoms with Crippen molar-refractivity contribution in [1.82, 2.24) is 20.0 Å². The molecule has 0 aliphatic carbocycles. The summed E-state index contributed by atoms with van der Waals surface area (Å²) < 4.78 is 13.6. The Bertz CT molecular complexity index is 650. The molecule has 0 saturated carbocycles. The van der Waals surface area contributed by atoms with Crippen molar-refractivity contribution in [1.29, 1.82) is 0 Å². The van der Waals surface area contributed by atoms with Gasteiger partial charge >= 0.3 is 0 Å². The first-order valence-corrected chi connectivity index (χ1v) is 7.88. The van der Waals surface area contributed by atoms with Crippen molar-refractivity contribution in [2.75, 3.05) is 26.2 Å². The number of nitrogens with zero attached hydrogens (tertiary/aromatic N) is 3. The third-order valence-corrected chi connectivity index (χ3v) is 4.39. The summed E-state index contributed by atoms with van der Waals surface area (Å²) in [6.07, 6.45) is 1.58. The molecule has 22 heavy (non-hydrogen) atoms. The van der Waals surface area contributed by atoms with E-state index in [1.165, 1.54) is 12.1 Å². The number of amides is 1. The molecule has 7 heteroatoms. The molecule has 2 aromatic rings. The molecule has 1 aliphatic rings. The Morgan fingerprint density at radius 2 is 1.91 bits per heavy atom. The van der Waals surface area contributed by atoms with E-state index in [4.69, 9.17) is 0 Å². The molecular formula is C15H16BrFN4O. The third-order valence-electron chi connectivity index (χ3n) is 3.79. The highest BCUT2D eigenvalue weighted by Crippen LogP contribution is 2.17. The number of nitrogens with one attached hydrogen (secondary N) is 1. The zero-order valence-corrected chi connectivity index (χ0v) is 13.5. The zero-order valence-electron chi connectivity index (χ0n) is 11.9. The maximum atomic E-state index is 12.9. The van der Waals surface area contributed by atoms with Gasteiger partial charge in [0.1, 0.15) is 11.5 Å². The van der Waals surface area contributed by atoms with Gasteiger partial charge in [0, 0.05) is 32.7 Å². The van der Waals surface area contributed by atoms with E-state index in [1.807, 2.05) is 4.90 Å². The number of carbonyl (C=O) groups excluding carboxylic acids is 1. The highest BCUT2D eigenvalue weighted by Gasteiger charge is 2.24. The molecule has 1 aliphatic heterocycles. The average Bonchev–Trinajstić information content (AvgIpc) is 2.96. The van der Waals surface area contributed by atoms with E-state index in [1.54, 1.807) is 18.3 Å². The lowest BCUT2D eigenvalue weighted by atomic mass is 10.2. The van der Waals surface area contributed by atoms with Gasteiger partial charge in [-0.1, -0.05) is 12.1 Å². The molecule has 0 spiro atoms. The normalized spacial score (nSPS) is 16.0. The highest BCUT2D eigenvalue weighted by atomic mass is 79.9. The maximum absolute atomic E-state index is 12.9. The molecule has 1 saturated heterocycles. The molecule has 1 fully saturated rings. The summed E-state index contributed by atoms with van der Waals surface area (Å²) in [5, 5.41) is 6.58. The first-order chi connectivity index (χ1) is 10.6. The molecule has 1 N–H and O–H groups in total. The molecule has 5 nitrogen and oxygen atoms in total. The van der Waals surface area contributed by atoms with Crippen molar-refractivity contribution in [3.8, 4) is 0 Å². The number of aromatic amines is 1. The first-order valence-electron chi connectivity index (χ1n) is 7.08. The van der Waals surface area contributed by atoms with Crippen LogP contribution in [0.2, 0.25) is 0 Å². The monoisotopic (exact) mass is 366 g/mol. The van der Waals surface area contributed by atoms with E-state index in [0.29, 0.717) is 23.3 Å². The lowest BCUT2D eigenvalue weighted by molar-refractivity contribution is 0.0622. The fourth-order valence-electron chi connectivity index (χ4n) is 2.54. The van der Waals surface area contributed by atoms with Crippen molar-refractivity contribution in [3.05, 3.63) is 52.0 Å². The predicted octanol–water partition coefficient (Wildman–Crippen LogP) is 2.27. The van der Waals surface area contributed by atoms with Crippen LogP contribution in [0.5, 0.6) is 0 Å². The van der Waals surface area contributed by atoms with Gasteiger partial charge in [-0.3, -0.25) is 14.8 Å². The van der Waals surface area contributed by atoms with E-state index < -0.39 is 0 Å². The molecule has 0 bridgehead atoms. The fraction of sp³-hybridized carbons (Fsp3) is 0.333. The van der Waals surface area contributed by atoms with Crippen LogP contribution in [0.3, 0.4) is 0 Å². The van der Waals surface area contributed by atoms with Crippen LogP contribution in [0.25, 0.3) is 0 Å². The van der Waals surface area contributed by atoms with Gasteiger partial charge in [0.05, 0.1) is 10.7 Å². The van der Waals surface area contributed by atoms with E-state index in [-0.39, 0.29) is 11.7 Å². The van der Waals surface area contributed by atoms with E-state index in [2.05, 4.69) is 31.0 Å². The number of piperazine rings is 1. The van der Waals surface area contributed by atoms with Crippen molar-refractivity contribution < 1.29 is 9.18 Å². The van der Waals surface area contributed by atoms with Crippen LogP contribution in [0, 0.1) is 5.82 Å². The van der Waals surface area contributed by atoms with Crippen LogP contribution in [0.1, 0.15) is 16.1 Å². The van der Waals surface area contributed by atoms with Gasteiger partial charge in [-0.25, -0.2) is 4.39 Å². The van der Waals surface area contributed by atoms with Gasteiger partial charge in [0.2, 0.25) is 0 Å². The second kappa shape index (κ2) is 6.58. The Labute approximate surface area is 136 Å². The summed E-state index contributed by atoms with van der Waals surface area (Å²) in [6.45, 7) is 3.72. The van der Waals surface area contributed by atoms with Crippen LogP contribution in [-0.2, 0) is 6.54 Å². The molecule has 1 amide bonds. The third kappa shape index (κ3) is 3.36. The van der Waals surface area contributed by atoms with Crippen molar-refractivity contribution in [2.45, 2.75) is 6.54 Å². The maximum Gasteiger partial charge on any atom is 0.273 e. The number of aromatic nitrogens is 2. The van der Waals surface area contributed by atoms with Gasteiger partial charge in [-0.2, -0.15) is 5.10 Å². The van der Waals surface area contributed by atoms with Crippen LogP contribution >= 0.6 is 15.9 Å². The SMILES string of the molecule is O=C(c1[nH]ncc1Br)N1CCN(Cc2ccc(F)cc2)CC1. The Hall–Kier alpha value is -1.73. The summed E-state index contributed by atoms with van der Waals surface area (Å²) in [4.78, 5) is 16.4. The molecule has 1 aromatic carbocycles. The lowest BCUT2D eigenvalue weighted by Gasteiger charge is -2.34. The number of hydrogen-bond acceptors (Lipinski definition) is 3. The molecule has 116 valence electrons. The second-order valence-electron chi connectivity index (χ2n) is 5.29. The summed E-state index contributed by atoms with van der Waals surface area (Å²) in [5.41, 5.74) is 1.57. The number of rotatable bonds is 3. The summed E-state index contributed by atoms with van der Waals surface area (Å²) in [6, 6.07) is 6.55. The van der Waals surface area contributed by atoms with Gasteiger partial charge in [-0.15, -0.1) is 0 Å². The minimum Gasteiger partial charge on any atom is -0.335 e. The molecule has 2 heterocycles. The fourth-order valence-corrected chi connectivity index (χ4v) is 2.90. The number of H-pyrrole nitrogens is 1. The van der Waals surface area contributed by atoms with E-state index in [9.17, 15) is 9.18 Å². The second-order valence-corrected chi connectivity index (χ2v) is 6.14. The van der Waals surface area contributed by atoms with Crippen LogP contribution < -0.4 is 0 Å². The Morgan fingerprint density at radius 3 is 2.50 bits per heavy atom. The quantitative estimate of drug-likeness (QED) is 0.906. The minimum atomic E-state index is -0.218. The Balaban J connectivity index is 1.55. The zero-order chi connectivity index (χ0) is 15.5. The molecule has 1 aromatic heterocycles. The van der Waals surface area contributed by atoms with Crippen molar-refractivity contribution in [3.63, 3.8) is 0 Å². The van der Waals surface area contributed by atoms with E-state index in [0.717, 1.165) is 25.2 Å². The van der Waals surface area contributed by atoms with Gasteiger partial charge < -0.3 is 4.90 Å². The smallest absolute Gasteiger partial charge is 0.273 e. The molecule has 0 atom stereocenters. The standard InChI is InChI=1S/C15H16BrFN4O/c16-13-9-18-19-14(13)15(22)21-7-5-20(6-8-21)10-11-1-3-12(17)4-2-11/h1-4,9H,5-8,10H2,(H,18,19). The Kier molecular flexibility index (Phi) is 4.54. The van der Waals surface area contributed by atoms with Crippen LogP contribution in [-0.4, -0.2) is 52.1 Å². The first kappa shape index (κ1) is 15.2. The van der Waals surface area contributed by atoms with Crippen LogP contribution in [0.15, 0.2) is 34.9 Å². The molecule has 0 radical (unpaired) electrons. The van der Waals surface area contributed by atoms with Gasteiger partial charge in [0.15, 0.2) is 0 Å². The van der Waals surface area contributed by atoms with Crippen molar-refractivity contribution >= 4 is 21.8 Å². The topological polar surface area (TPSA) is 52.2 Å². The largest absolute Gasteiger partial charge is 0.335 e. The number of benzene rings is 1. The summed E-state index contributed by atoms with van der Waals surface area (Å²) >= 11 is 3.31. The number of hydrogen-bond donors (Lipinski definition) is 1. The Morgan fingerprint density at radius 1 is 1.23 bits per heavy atom. The average molecular weight is 367 g/mol. The number of carbonyl (C=O) groups is 1. The van der Waals surface area contributed by atoms with Gasteiger partial charge in [0.25, 0.3) is 5.91 Å². The molecule has 0 unspecified atom stereocenters. The predicted molar refractivity (Wildman–Crippen MR) is 83.9 cm³/mol. The molecular weight excluding hydrogens is 351 g/mol. The molecule has 3 rings (SSSR count). The van der Waals surface area contributed by atoms with Crippen molar-refractivity contribution in [2.24, 2.45) is 0 Å². The highest BCUT2D eigenvalue weighted by molar-refractivity contribution is 9.10. The van der Waals surface area contributed by atoms with E-state index >= 15 is 0 Å². The summed E-state index contributed by atoms with van der Waals surface area (Å²) in [7, 11) is 0. The van der Waals surface area contributed by atoms with Crippen LogP contribution in [0.4, 0.5) is 4.39 Å². The number of halogens is 2. The van der Waals surface area contributed by atoms with Gasteiger partial charge in [-0.05, 0) is 33.6 Å². The lowest BCUT2D eigenvalue weighted by Crippen LogP contribution is -2.48.